The van der Waals surface area contributed by atoms with E-state index < -0.39 is 12.5 Å². The third-order valence-corrected chi connectivity index (χ3v) is 3.63. The molecule has 1 amide bonds. The minimum absolute atomic E-state index is 0.129. The second-order valence-corrected chi connectivity index (χ2v) is 5.31. The molecular weight excluding hydrogens is 352 g/mol. The summed E-state index contributed by atoms with van der Waals surface area (Å²) in [4.78, 5) is 11.9. The Morgan fingerprint density at radius 1 is 1.24 bits per heavy atom. The molecule has 132 valence electrons. The number of halogens is 3. The Labute approximate surface area is 149 Å². The van der Waals surface area contributed by atoms with Crippen LogP contribution in [0.4, 0.5) is 8.78 Å². The third-order valence-electron chi connectivity index (χ3n) is 3.26. The maximum Gasteiger partial charge on any atom is 0.387 e. The van der Waals surface area contributed by atoms with Crippen molar-refractivity contribution in [2.45, 2.75) is 13.2 Å². The Morgan fingerprint density at radius 2 is 2.00 bits per heavy atom. The fourth-order valence-corrected chi connectivity index (χ4v) is 2.29. The van der Waals surface area contributed by atoms with E-state index in [2.05, 4.69) is 10.1 Å². The number of benzene rings is 2. The fraction of sp³-hybridized carbons (Fsp3) is 0.167. The van der Waals surface area contributed by atoms with Gasteiger partial charge in [0.15, 0.2) is 11.5 Å². The summed E-state index contributed by atoms with van der Waals surface area (Å²) < 4.78 is 34.6. The van der Waals surface area contributed by atoms with Crippen LogP contribution in [0, 0.1) is 0 Å². The van der Waals surface area contributed by atoms with Gasteiger partial charge in [-0.25, -0.2) is 0 Å². The monoisotopic (exact) mass is 367 g/mol. The van der Waals surface area contributed by atoms with E-state index >= 15 is 0 Å². The van der Waals surface area contributed by atoms with Gasteiger partial charge in [0.25, 0.3) is 0 Å². The number of rotatable bonds is 7. The summed E-state index contributed by atoms with van der Waals surface area (Å²) in [6, 6.07) is 11.8. The predicted octanol–water partition coefficient (Wildman–Crippen LogP) is 4.28. The molecule has 1 N–H and O–H groups in total. The SMILES string of the molecule is COc1cccc(/C=C/C(=O)NCc2ccccc2Cl)c1OC(F)F. The zero-order valence-electron chi connectivity index (χ0n) is 13.3. The van der Waals surface area contributed by atoms with Crippen LogP contribution >= 0.6 is 11.6 Å². The number of para-hydroxylation sites is 1. The minimum atomic E-state index is -3.00. The number of amides is 1. The molecule has 0 bridgehead atoms. The first-order valence-electron chi connectivity index (χ1n) is 7.32. The number of ether oxygens (including phenoxy) is 2. The molecule has 2 rings (SSSR count). The van der Waals surface area contributed by atoms with Crippen molar-refractivity contribution in [2.24, 2.45) is 0 Å². The number of hydrogen-bond donors (Lipinski definition) is 1. The second kappa shape index (κ2) is 9.03. The highest BCUT2D eigenvalue weighted by molar-refractivity contribution is 6.31. The van der Waals surface area contributed by atoms with E-state index in [4.69, 9.17) is 16.3 Å². The zero-order valence-corrected chi connectivity index (χ0v) is 14.1. The molecular formula is C18H16ClF2NO3. The van der Waals surface area contributed by atoms with Crippen molar-refractivity contribution in [1.29, 1.82) is 0 Å². The molecule has 4 nitrogen and oxygen atoms in total. The van der Waals surface area contributed by atoms with Crippen molar-refractivity contribution in [3.63, 3.8) is 0 Å². The minimum Gasteiger partial charge on any atom is -0.493 e. The summed E-state index contributed by atoms with van der Waals surface area (Å²) in [6.07, 6.45) is 2.60. The van der Waals surface area contributed by atoms with Gasteiger partial charge in [-0.15, -0.1) is 0 Å². The van der Waals surface area contributed by atoms with Gasteiger partial charge in [-0.05, 0) is 23.8 Å². The van der Waals surface area contributed by atoms with Crippen LogP contribution in [0.5, 0.6) is 11.5 Å². The molecule has 0 saturated heterocycles. The molecule has 0 atom stereocenters. The van der Waals surface area contributed by atoms with Crippen LogP contribution in [0.1, 0.15) is 11.1 Å². The highest BCUT2D eigenvalue weighted by Gasteiger charge is 2.14. The Hall–Kier alpha value is -2.60. The molecule has 0 fully saturated rings. The van der Waals surface area contributed by atoms with Crippen LogP contribution in [0.15, 0.2) is 48.5 Å². The molecule has 0 spiro atoms. The lowest BCUT2D eigenvalue weighted by Gasteiger charge is -2.12. The van der Waals surface area contributed by atoms with Crippen molar-refractivity contribution in [1.82, 2.24) is 5.32 Å². The van der Waals surface area contributed by atoms with Crippen LogP contribution in [0.3, 0.4) is 0 Å². The van der Waals surface area contributed by atoms with Crippen molar-refractivity contribution in [3.05, 3.63) is 64.7 Å². The molecule has 0 heterocycles. The first-order chi connectivity index (χ1) is 12.0. The van der Waals surface area contributed by atoms with Gasteiger partial charge in [0.1, 0.15) is 0 Å². The van der Waals surface area contributed by atoms with E-state index in [1.54, 1.807) is 24.3 Å². The van der Waals surface area contributed by atoms with Crippen molar-refractivity contribution in [2.75, 3.05) is 7.11 Å². The lowest BCUT2D eigenvalue weighted by Crippen LogP contribution is -2.20. The number of methoxy groups -OCH3 is 1. The Bertz CT molecular complexity index is 766. The Balaban J connectivity index is 2.08. The summed E-state index contributed by atoms with van der Waals surface area (Å²) in [5.41, 5.74) is 1.07. The van der Waals surface area contributed by atoms with Crippen LogP contribution in [0.2, 0.25) is 5.02 Å². The third kappa shape index (κ3) is 5.46. The van der Waals surface area contributed by atoms with E-state index in [1.807, 2.05) is 6.07 Å². The van der Waals surface area contributed by atoms with Crippen LogP contribution < -0.4 is 14.8 Å². The average molecular weight is 368 g/mol. The van der Waals surface area contributed by atoms with E-state index in [0.717, 1.165) is 5.56 Å². The van der Waals surface area contributed by atoms with Crippen molar-refractivity contribution in [3.8, 4) is 11.5 Å². The maximum absolute atomic E-state index is 12.6. The van der Waals surface area contributed by atoms with Crippen LogP contribution in [-0.4, -0.2) is 19.6 Å². The fourth-order valence-electron chi connectivity index (χ4n) is 2.09. The molecule has 0 radical (unpaired) electrons. The molecule has 0 aromatic heterocycles. The van der Waals surface area contributed by atoms with Gasteiger partial charge in [-0.3, -0.25) is 4.79 Å². The van der Waals surface area contributed by atoms with Gasteiger partial charge >= 0.3 is 6.61 Å². The Kier molecular flexibility index (Phi) is 6.77. The van der Waals surface area contributed by atoms with Gasteiger partial charge in [-0.1, -0.05) is 41.9 Å². The highest BCUT2D eigenvalue weighted by atomic mass is 35.5. The topological polar surface area (TPSA) is 47.6 Å². The van der Waals surface area contributed by atoms with E-state index in [0.29, 0.717) is 10.6 Å². The number of alkyl halides is 2. The molecule has 0 saturated carbocycles. The summed E-state index contributed by atoms with van der Waals surface area (Å²) in [5, 5.41) is 3.22. The normalized spacial score (nSPS) is 10.9. The smallest absolute Gasteiger partial charge is 0.387 e. The van der Waals surface area contributed by atoms with Gasteiger partial charge in [0.2, 0.25) is 5.91 Å². The molecule has 2 aromatic rings. The largest absolute Gasteiger partial charge is 0.493 e. The van der Waals surface area contributed by atoms with Gasteiger partial charge in [0, 0.05) is 23.2 Å². The molecule has 25 heavy (non-hydrogen) atoms. The summed E-state index contributed by atoms with van der Waals surface area (Å²) >= 11 is 6.01. The highest BCUT2D eigenvalue weighted by Crippen LogP contribution is 2.33. The Morgan fingerprint density at radius 3 is 2.68 bits per heavy atom. The standard InChI is InChI=1S/C18H16ClF2NO3/c1-24-15-8-4-6-12(17(15)25-18(20)21)9-10-16(23)22-11-13-5-2-3-7-14(13)19/h2-10,18H,11H2,1H3,(H,22,23)/b10-9+. The van der Waals surface area contributed by atoms with Gasteiger partial charge in [-0.2, -0.15) is 8.78 Å². The molecule has 0 aliphatic rings. The second-order valence-electron chi connectivity index (χ2n) is 4.90. The predicted molar refractivity (Wildman–Crippen MR) is 92.0 cm³/mol. The summed E-state index contributed by atoms with van der Waals surface area (Å²) in [6.45, 7) is -2.75. The van der Waals surface area contributed by atoms with Crippen LogP contribution in [-0.2, 0) is 11.3 Å². The molecule has 7 heteroatoms. The van der Waals surface area contributed by atoms with E-state index in [1.165, 1.54) is 31.4 Å². The number of nitrogens with one attached hydrogen (secondary N) is 1. The first-order valence-corrected chi connectivity index (χ1v) is 7.70. The lowest BCUT2D eigenvalue weighted by atomic mass is 10.1. The van der Waals surface area contributed by atoms with Gasteiger partial charge in [0.05, 0.1) is 7.11 Å². The molecule has 0 aliphatic heterocycles. The first kappa shape index (κ1) is 18.7. The van der Waals surface area contributed by atoms with Gasteiger partial charge < -0.3 is 14.8 Å². The molecule has 0 aliphatic carbocycles. The molecule has 0 unspecified atom stereocenters. The van der Waals surface area contributed by atoms with E-state index in [9.17, 15) is 13.6 Å². The molecule has 2 aromatic carbocycles. The number of hydrogen-bond acceptors (Lipinski definition) is 3. The zero-order chi connectivity index (χ0) is 18.2. The number of carbonyl (C=O) groups excluding carboxylic acids is 1. The quantitative estimate of drug-likeness (QED) is 0.743. The summed E-state index contributed by atoms with van der Waals surface area (Å²) in [7, 11) is 1.34. The van der Waals surface area contributed by atoms with Crippen molar-refractivity contribution < 1.29 is 23.0 Å². The maximum atomic E-state index is 12.6. The summed E-state index contributed by atoms with van der Waals surface area (Å²) in [5.74, 6) is -0.375. The lowest BCUT2D eigenvalue weighted by molar-refractivity contribution is -0.116. The van der Waals surface area contributed by atoms with Crippen molar-refractivity contribution >= 4 is 23.6 Å². The average Bonchev–Trinajstić information content (AvgIpc) is 2.59. The van der Waals surface area contributed by atoms with E-state index in [-0.39, 0.29) is 18.0 Å². The number of carbonyl (C=O) groups is 1. The van der Waals surface area contributed by atoms with Crippen LogP contribution in [0.25, 0.3) is 6.08 Å².